The van der Waals surface area contributed by atoms with Gasteiger partial charge in [0.25, 0.3) is 0 Å². The molecule has 1 aromatic rings. The van der Waals surface area contributed by atoms with Crippen LogP contribution in [0.25, 0.3) is 0 Å². The van der Waals surface area contributed by atoms with Crippen molar-refractivity contribution in [3.8, 4) is 0 Å². The summed E-state index contributed by atoms with van der Waals surface area (Å²) < 4.78 is 24.3. The van der Waals surface area contributed by atoms with E-state index in [0.29, 0.717) is 13.1 Å². The third kappa shape index (κ3) is 5.85. The zero-order chi connectivity index (χ0) is 14.5. The molecule has 0 bridgehead atoms. The first-order chi connectivity index (χ1) is 8.79. The highest BCUT2D eigenvalue weighted by molar-refractivity contribution is 7.88. The summed E-state index contributed by atoms with van der Waals surface area (Å²) in [6.07, 6.45) is 1.10. The number of carbonyl (C=O) groups excluding carboxylic acids is 1. The van der Waals surface area contributed by atoms with Crippen molar-refractivity contribution in [1.82, 2.24) is 9.62 Å². The van der Waals surface area contributed by atoms with Crippen LogP contribution in [-0.4, -0.2) is 38.6 Å². The number of nitrogens with one attached hydrogen (secondary N) is 1. The molecule has 0 aliphatic carbocycles. The smallest absolute Gasteiger partial charge is 0.219 e. The molecule has 0 radical (unpaired) electrons. The lowest BCUT2D eigenvalue weighted by molar-refractivity contribution is -0.129. The normalized spacial score (nSPS) is 11.3. The average Bonchev–Trinajstić information content (AvgIpc) is 2.28. The minimum Gasteiger partial charge on any atom is -0.337 e. The fraction of sp³-hybridized carbons (Fsp3) is 0.462. The van der Waals surface area contributed by atoms with Crippen molar-refractivity contribution in [2.45, 2.75) is 20.4 Å². The Bertz CT molecular complexity index is 541. The van der Waals surface area contributed by atoms with E-state index in [0.717, 1.165) is 17.4 Å². The highest BCUT2D eigenvalue weighted by atomic mass is 32.2. The molecular weight excluding hydrogens is 264 g/mol. The number of aryl methyl sites for hydroxylation is 1. The molecule has 0 unspecified atom stereocenters. The number of benzene rings is 1. The molecule has 0 spiro atoms. The van der Waals surface area contributed by atoms with Crippen LogP contribution in [0.15, 0.2) is 24.3 Å². The number of nitrogens with zero attached hydrogens (tertiary/aromatic N) is 1. The van der Waals surface area contributed by atoms with Crippen molar-refractivity contribution >= 4 is 15.9 Å². The molecule has 0 aliphatic heterocycles. The lowest BCUT2D eigenvalue weighted by Crippen LogP contribution is -2.36. The summed E-state index contributed by atoms with van der Waals surface area (Å²) in [5, 5.41) is 0. The molecule has 1 amide bonds. The molecule has 0 aromatic heterocycles. The molecule has 106 valence electrons. The second-order valence-electron chi connectivity index (χ2n) is 4.53. The van der Waals surface area contributed by atoms with E-state index in [4.69, 9.17) is 0 Å². The predicted octanol–water partition coefficient (Wildman–Crippen LogP) is 0.893. The van der Waals surface area contributed by atoms with E-state index in [-0.39, 0.29) is 12.5 Å². The zero-order valence-corrected chi connectivity index (χ0v) is 12.3. The van der Waals surface area contributed by atoms with Gasteiger partial charge in [0.1, 0.15) is 0 Å². The fourth-order valence-electron chi connectivity index (χ4n) is 1.71. The molecule has 1 rings (SSSR count). The van der Waals surface area contributed by atoms with Crippen molar-refractivity contribution in [2.75, 3.05) is 19.3 Å². The summed E-state index contributed by atoms with van der Waals surface area (Å²) in [4.78, 5) is 13.2. The van der Waals surface area contributed by atoms with Gasteiger partial charge in [-0.2, -0.15) is 0 Å². The van der Waals surface area contributed by atoms with Gasteiger partial charge in [0, 0.05) is 26.6 Å². The van der Waals surface area contributed by atoms with Crippen LogP contribution in [0, 0.1) is 6.92 Å². The molecule has 0 atom stereocenters. The Hall–Kier alpha value is -1.40. The van der Waals surface area contributed by atoms with Crippen LogP contribution in [0.2, 0.25) is 0 Å². The fourth-order valence-corrected chi connectivity index (χ4v) is 2.17. The van der Waals surface area contributed by atoms with Gasteiger partial charge in [0.05, 0.1) is 6.26 Å². The van der Waals surface area contributed by atoms with E-state index in [1.54, 1.807) is 4.90 Å². The van der Waals surface area contributed by atoms with E-state index in [1.807, 2.05) is 31.2 Å². The van der Waals surface area contributed by atoms with Crippen LogP contribution in [0.1, 0.15) is 18.1 Å². The molecule has 0 aliphatic rings. The number of rotatable bonds is 6. The van der Waals surface area contributed by atoms with Gasteiger partial charge in [0.15, 0.2) is 0 Å². The Balaban J connectivity index is 2.64. The van der Waals surface area contributed by atoms with Crippen LogP contribution in [0.3, 0.4) is 0 Å². The number of sulfonamides is 1. The molecule has 5 nitrogen and oxygen atoms in total. The molecule has 0 heterocycles. The SMILES string of the molecule is CC(=O)N(CCNS(C)(=O)=O)Cc1ccccc1C. The number of hydrogen-bond donors (Lipinski definition) is 1. The van der Waals surface area contributed by atoms with Crippen molar-refractivity contribution in [1.29, 1.82) is 0 Å². The van der Waals surface area contributed by atoms with Gasteiger partial charge in [-0.3, -0.25) is 4.79 Å². The first-order valence-corrected chi connectivity index (χ1v) is 7.93. The maximum absolute atomic E-state index is 11.6. The second-order valence-corrected chi connectivity index (χ2v) is 6.37. The van der Waals surface area contributed by atoms with Crippen molar-refractivity contribution < 1.29 is 13.2 Å². The van der Waals surface area contributed by atoms with E-state index in [2.05, 4.69) is 4.72 Å². The Morgan fingerprint density at radius 3 is 2.47 bits per heavy atom. The van der Waals surface area contributed by atoms with E-state index >= 15 is 0 Å². The number of amides is 1. The summed E-state index contributed by atoms with van der Waals surface area (Å²) in [6.45, 7) is 4.55. The van der Waals surface area contributed by atoms with Gasteiger partial charge in [0.2, 0.25) is 15.9 Å². The van der Waals surface area contributed by atoms with Gasteiger partial charge in [-0.15, -0.1) is 0 Å². The minimum absolute atomic E-state index is 0.0708. The molecule has 0 fully saturated rings. The van der Waals surface area contributed by atoms with E-state index in [1.165, 1.54) is 6.92 Å². The average molecular weight is 284 g/mol. The first kappa shape index (κ1) is 15.7. The minimum atomic E-state index is -3.21. The number of hydrogen-bond acceptors (Lipinski definition) is 3. The first-order valence-electron chi connectivity index (χ1n) is 6.04. The monoisotopic (exact) mass is 284 g/mol. The van der Waals surface area contributed by atoms with Crippen LogP contribution in [-0.2, 0) is 21.4 Å². The summed E-state index contributed by atoms with van der Waals surface area (Å²) >= 11 is 0. The molecule has 6 heteroatoms. The maximum atomic E-state index is 11.6. The van der Waals surface area contributed by atoms with Gasteiger partial charge in [-0.1, -0.05) is 24.3 Å². The largest absolute Gasteiger partial charge is 0.337 e. The number of carbonyl (C=O) groups is 1. The Morgan fingerprint density at radius 1 is 1.32 bits per heavy atom. The lowest BCUT2D eigenvalue weighted by atomic mass is 10.1. The summed E-state index contributed by atoms with van der Waals surface area (Å²) in [5.41, 5.74) is 2.18. The highest BCUT2D eigenvalue weighted by Gasteiger charge is 2.11. The van der Waals surface area contributed by atoms with Gasteiger partial charge in [-0.25, -0.2) is 13.1 Å². The van der Waals surface area contributed by atoms with Crippen molar-refractivity contribution in [2.24, 2.45) is 0 Å². The predicted molar refractivity (Wildman–Crippen MR) is 75.1 cm³/mol. The van der Waals surface area contributed by atoms with Crippen LogP contribution in [0.5, 0.6) is 0 Å². The third-order valence-corrected chi connectivity index (χ3v) is 3.54. The topological polar surface area (TPSA) is 66.5 Å². The van der Waals surface area contributed by atoms with Crippen LogP contribution >= 0.6 is 0 Å². The lowest BCUT2D eigenvalue weighted by Gasteiger charge is -2.22. The van der Waals surface area contributed by atoms with E-state index in [9.17, 15) is 13.2 Å². The third-order valence-electron chi connectivity index (χ3n) is 2.81. The Kier molecular flexibility index (Phi) is 5.50. The molecular formula is C13H20N2O3S. The summed E-state index contributed by atoms with van der Waals surface area (Å²) in [7, 11) is -3.21. The van der Waals surface area contributed by atoms with Gasteiger partial charge in [-0.05, 0) is 18.1 Å². The maximum Gasteiger partial charge on any atom is 0.219 e. The molecule has 1 aromatic carbocycles. The standard InChI is InChI=1S/C13H20N2O3S/c1-11-6-4-5-7-13(11)10-15(12(2)16)9-8-14-19(3,17)18/h4-7,14H,8-10H2,1-3H3. The molecule has 0 saturated heterocycles. The quantitative estimate of drug-likeness (QED) is 0.843. The van der Waals surface area contributed by atoms with E-state index < -0.39 is 10.0 Å². The second kappa shape index (κ2) is 6.68. The highest BCUT2D eigenvalue weighted by Crippen LogP contribution is 2.10. The van der Waals surface area contributed by atoms with Crippen molar-refractivity contribution in [3.63, 3.8) is 0 Å². The molecule has 0 saturated carbocycles. The Labute approximate surface area is 114 Å². The zero-order valence-electron chi connectivity index (χ0n) is 11.5. The van der Waals surface area contributed by atoms with Crippen LogP contribution < -0.4 is 4.72 Å². The molecule has 1 N–H and O–H groups in total. The van der Waals surface area contributed by atoms with Gasteiger partial charge < -0.3 is 4.90 Å². The van der Waals surface area contributed by atoms with Gasteiger partial charge >= 0.3 is 0 Å². The molecule has 19 heavy (non-hydrogen) atoms. The van der Waals surface area contributed by atoms with Crippen molar-refractivity contribution in [3.05, 3.63) is 35.4 Å². The van der Waals surface area contributed by atoms with Crippen LogP contribution in [0.4, 0.5) is 0 Å². The Morgan fingerprint density at radius 2 is 1.95 bits per heavy atom. The summed E-state index contributed by atoms with van der Waals surface area (Å²) in [6, 6.07) is 7.83. The summed E-state index contributed by atoms with van der Waals surface area (Å²) in [5.74, 6) is -0.0708.